The van der Waals surface area contributed by atoms with Crippen molar-refractivity contribution in [3.05, 3.63) is 29.1 Å². The molecule has 0 saturated carbocycles. The van der Waals surface area contributed by atoms with E-state index in [1.54, 1.807) is 4.90 Å². The van der Waals surface area contributed by atoms with Crippen LogP contribution in [0.1, 0.15) is 55.8 Å². The number of likely N-dealkylation sites (N-methyl/N-ethyl adjacent to an activating group) is 1. The number of hydrogen-bond acceptors (Lipinski definition) is 5. The van der Waals surface area contributed by atoms with E-state index in [1.807, 2.05) is 14.0 Å². The number of amides is 1. The van der Waals surface area contributed by atoms with Gasteiger partial charge in [-0.15, -0.1) is 0 Å². The zero-order valence-electron chi connectivity index (χ0n) is 18.9. The molecule has 0 radical (unpaired) electrons. The summed E-state index contributed by atoms with van der Waals surface area (Å²) in [6.45, 7) is 4.47. The van der Waals surface area contributed by atoms with E-state index in [4.69, 9.17) is 4.74 Å². The molecule has 1 saturated heterocycles. The normalized spacial score (nSPS) is 22.7. The fraction of sp³-hybridized carbons (Fsp3) is 0.739. The van der Waals surface area contributed by atoms with Crippen LogP contribution < -0.4 is 0 Å². The van der Waals surface area contributed by atoms with E-state index in [9.17, 15) is 23.1 Å². The van der Waals surface area contributed by atoms with Gasteiger partial charge in [-0.1, -0.05) is 13.3 Å². The fourth-order valence-corrected chi connectivity index (χ4v) is 4.75. The predicted molar refractivity (Wildman–Crippen MR) is 114 cm³/mol. The fourth-order valence-electron chi connectivity index (χ4n) is 4.75. The van der Waals surface area contributed by atoms with Gasteiger partial charge in [0.2, 0.25) is 5.91 Å². The summed E-state index contributed by atoms with van der Waals surface area (Å²) in [7, 11) is 1.99. The molecule has 180 valence electrons. The highest BCUT2D eigenvalue weighted by Gasteiger charge is 2.34. The predicted octanol–water partition coefficient (Wildman–Crippen LogP) is 3.26. The van der Waals surface area contributed by atoms with Crippen LogP contribution in [0.3, 0.4) is 0 Å². The van der Waals surface area contributed by atoms with Gasteiger partial charge in [-0.2, -0.15) is 13.2 Å². The Hall–Kier alpha value is -1.71. The van der Waals surface area contributed by atoms with E-state index in [0.717, 1.165) is 50.9 Å². The van der Waals surface area contributed by atoms with Crippen LogP contribution in [0.4, 0.5) is 13.2 Å². The van der Waals surface area contributed by atoms with Crippen molar-refractivity contribution in [2.45, 2.75) is 70.3 Å². The van der Waals surface area contributed by atoms with Gasteiger partial charge in [0.15, 0.2) is 0 Å². The summed E-state index contributed by atoms with van der Waals surface area (Å²) in [5.41, 5.74) is 0.364. The number of pyridine rings is 1. The van der Waals surface area contributed by atoms with E-state index >= 15 is 0 Å². The second-order valence-corrected chi connectivity index (χ2v) is 8.94. The number of alkyl halides is 3. The number of carbonyl (C=O) groups excluding carboxylic acids is 1. The molecule has 2 aliphatic heterocycles. The van der Waals surface area contributed by atoms with Crippen LogP contribution >= 0.6 is 0 Å². The van der Waals surface area contributed by atoms with Crippen LogP contribution in [0.5, 0.6) is 0 Å². The topological polar surface area (TPSA) is 65.9 Å². The third-order valence-electron chi connectivity index (χ3n) is 6.59. The standard InChI is InChI=1S/C23H34F3N3O3/c1-3-5-16(6-4-9-28(2)20-8-11-32-15-21(20)30)22(31)29-10-7-19-17(14-29)12-18(13-27-19)23(24,25)26/h12-13,16,20-21,30H,3-11,14-15H2,1-2H3/t16-,20?,21?/m1/s1. The molecule has 2 aliphatic rings. The largest absolute Gasteiger partial charge is 0.417 e. The first-order valence-electron chi connectivity index (χ1n) is 11.5. The van der Waals surface area contributed by atoms with Gasteiger partial charge in [0.05, 0.1) is 18.3 Å². The van der Waals surface area contributed by atoms with Crippen molar-refractivity contribution >= 4 is 5.91 Å². The molecule has 0 aliphatic carbocycles. The van der Waals surface area contributed by atoms with Crippen LogP contribution in [0.25, 0.3) is 0 Å². The molecule has 0 bridgehead atoms. The highest BCUT2D eigenvalue weighted by Crippen LogP contribution is 2.31. The molecule has 1 aromatic rings. The van der Waals surface area contributed by atoms with E-state index in [1.165, 1.54) is 0 Å². The number of aliphatic hydroxyl groups is 1. The summed E-state index contributed by atoms with van der Waals surface area (Å²) in [6.07, 6.45) is 0.373. The number of fused-ring (bicyclic) bond motifs is 1. The van der Waals surface area contributed by atoms with Crippen molar-refractivity contribution in [3.63, 3.8) is 0 Å². The summed E-state index contributed by atoms with van der Waals surface area (Å²) in [5, 5.41) is 10.1. The van der Waals surface area contributed by atoms with Crippen molar-refractivity contribution in [1.82, 2.24) is 14.8 Å². The molecule has 2 unspecified atom stereocenters. The Labute approximate surface area is 187 Å². The summed E-state index contributed by atoms with van der Waals surface area (Å²) in [5.74, 6) is -0.128. The molecule has 6 nitrogen and oxygen atoms in total. The van der Waals surface area contributed by atoms with Crippen molar-refractivity contribution in [2.75, 3.05) is 33.4 Å². The maximum absolute atomic E-state index is 13.2. The quantitative estimate of drug-likeness (QED) is 0.649. The SMILES string of the molecule is CCC[C@H](CCCN(C)C1CCOCC1O)C(=O)N1CCc2ncc(C(F)(F)F)cc2C1. The lowest BCUT2D eigenvalue weighted by atomic mass is 9.94. The van der Waals surface area contributed by atoms with E-state index in [2.05, 4.69) is 9.88 Å². The molecule has 1 fully saturated rings. The smallest absolute Gasteiger partial charge is 0.389 e. The second-order valence-electron chi connectivity index (χ2n) is 8.94. The molecule has 3 atom stereocenters. The Balaban J connectivity index is 1.58. The zero-order valence-corrected chi connectivity index (χ0v) is 18.9. The van der Waals surface area contributed by atoms with Crippen molar-refractivity contribution in [3.8, 4) is 0 Å². The summed E-state index contributed by atoms with van der Waals surface area (Å²) < 4.78 is 44.5. The van der Waals surface area contributed by atoms with Crippen LogP contribution in [0.15, 0.2) is 12.3 Å². The average molecular weight is 458 g/mol. The van der Waals surface area contributed by atoms with E-state index in [0.29, 0.717) is 37.4 Å². The number of nitrogens with zero attached hydrogens (tertiary/aromatic N) is 3. The number of carbonyl (C=O) groups is 1. The van der Waals surface area contributed by atoms with Crippen LogP contribution in [0.2, 0.25) is 0 Å². The number of aromatic nitrogens is 1. The van der Waals surface area contributed by atoms with Crippen molar-refractivity contribution in [2.24, 2.45) is 5.92 Å². The van der Waals surface area contributed by atoms with Gasteiger partial charge in [0.25, 0.3) is 0 Å². The van der Waals surface area contributed by atoms with Crippen LogP contribution in [0, 0.1) is 5.92 Å². The molecular weight excluding hydrogens is 423 g/mol. The van der Waals surface area contributed by atoms with Crippen LogP contribution in [-0.2, 0) is 28.7 Å². The van der Waals surface area contributed by atoms with E-state index in [-0.39, 0.29) is 24.4 Å². The summed E-state index contributed by atoms with van der Waals surface area (Å²) >= 11 is 0. The molecule has 1 aromatic heterocycles. The number of halogens is 3. The minimum Gasteiger partial charge on any atom is -0.389 e. The summed E-state index contributed by atoms with van der Waals surface area (Å²) in [4.78, 5) is 21.0. The molecule has 9 heteroatoms. The average Bonchev–Trinajstić information content (AvgIpc) is 2.76. The maximum atomic E-state index is 13.2. The minimum atomic E-state index is -4.44. The number of ether oxygens (including phenoxy) is 1. The second kappa shape index (κ2) is 10.9. The monoisotopic (exact) mass is 457 g/mol. The molecule has 0 spiro atoms. The summed E-state index contributed by atoms with van der Waals surface area (Å²) in [6, 6.07) is 1.20. The molecule has 32 heavy (non-hydrogen) atoms. The highest BCUT2D eigenvalue weighted by molar-refractivity contribution is 5.79. The van der Waals surface area contributed by atoms with Gasteiger partial charge in [0, 0.05) is 50.0 Å². The van der Waals surface area contributed by atoms with Crippen LogP contribution in [-0.4, -0.2) is 71.3 Å². The zero-order chi connectivity index (χ0) is 23.3. The number of rotatable bonds is 8. The van der Waals surface area contributed by atoms with Gasteiger partial charge in [-0.25, -0.2) is 0 Å². The lowest BCUT2D eigenvalue weighted by Gasteiger charge is -2.35. The highest BCUT2D eigenvalue weighted by atomic mass is 19.4. The number of aliphatic hydroxyl groups excluding tert-OH is 1. The third kappa shape index (κ3) is 6.20. The Morgan fingerprint density at radius 2 is 2.19 bits per heavy atom. The Kier molecular flexibility index (Phi) is 8.52. The minimum absolute atomic E-state index is 0.0173. The first-order chi connectivity index (χ1) is 15.2. The molecule has 3 heterocycles. The Morgan fingerprint density at radius 1 is 1.41 bits per heavy atom. The Morgan fingerprint density at radius 3 is 2.88 bits per heavy atom. The Bertz CT molecular complexity index is 775. The maximum Gasteiger partial charge on any atom is 0.417 e. The molecule has 3 rings (SSSR count). The van der Waals surface area contributed by atoms with Gasteiger partial charge < -0.3 is 19.6 Å². The van der Waals surface area contributed by atoms with Gasteiger partial charge >= 0.3 is 6.18 Å². The van der Waals surface area contributed by atoms with Gasteiger partial charge in [0.1, 0.15) is 0 Å². The van der Waals surface area contributed by atoms with Crippen molar-refractivity contribution < 1.29 is 27.8 Å². The lowest BCUT2D eigenvalue weighted by molar-refractivity contribution is -0.138. The third-order valence-corrected chi connectivity index (χ3v) is 6.59. The molecular formula is C23H34F3N3O3. The first kappa shape index (κ1) is 24.9. The van der Waals surface area contributed by atoms with Gasteiger partial charge in [-0.3, -0.25) is 9.78 Å². The lowest BCUT2D eigenvalue weighted by Crippen LogP contribution is -2.47. The molecule has 1 amide bonds. The molecule has 1 N–H and O–H groups in total. The first-order valence-corrected chi connectivity index (χ1v) is 11.5. The van der Waals surface area contributed by atoms with E-state index < -0.39 is 17.8 Å². The number of hydrogen-bond donors (Lipinski definition) is 1. The van der Waals surface area contributed by atoms with Gasteiger partial charge in [-0.05, 0) is 50.9 Å². The van der Waals surface area contributed by atoms with Crippen molar-refractivity contribution in [1.29, 1.82) is 0 Å². The molecule has 0 aromatic carbocycles.